The predicted octanol–water partition coefficient (Wildman–Crippen LogP) is 2.66. The maximum atomic E-state index is 12.6. The van der Waals surface area contributed by atoms with Crippen LogP contribution in [0.3, 0.4) is 0 Å². The van der Waals surface area contributed by atoms with Crippen molar-refractivity contribution >= 4 is 24.2 Å². The summed E-state index contributed by atoms with van der Waals surface area (Å²) in [6.45, 7) is 6.61. The summed E-state index contributed by atoms with van der Waals surface area (Å²) in [6.07, 6.45) is -4.78. The van der Waals surface area contributed by atoms with Gasteiger partial charge in [-0.25, -0.2) is 0 Å². The van der Waals surface area contributed by atoms with E-state index in [0.29, 0.717) is 19.6 Å². The van der Waals surface area contributed by atoms with E-state index in [1.165, 1.54) is 12.1 Å². The van der Waals surface area contributed by atoms with Crippen molar-refractivity contribution in [2.45, 2.75) is 39.2 Å². The molecule has 0 saturated carbocycles. The van der Waals surface area contributed by atoms with Gasteiger partial charge in [0.1, 0.15) is 5.75 Å². The number of carbonyl (C=O) groups excluding carboxylic acids is 2. The fourth-order valence-corrected chi connectivity index (χ4v) is 2.93. The number of carbonyl (C=O) groups is 2. The molecule has 1 fully saturated rings. The van der Waals surface area contributed by atoms with E-state index in [2.05, 4.69) is 4.74 Å². The van der Waals surface area contributed by atoms with Gasteiger partial charge < -0.3 is 20.3 Å². The summed E-state index contributed by atoms with van der Waals surface area (Å²) >= 11 is 0. The first-order valence-corrected chi connectivity index (χ1v) is 8.70. The second-order valence-corrected chi connectivity index (χ2v) is 6.97. The van der Waals surface area contributed by atoms with Gasteiger partial charge in [0.25, 0.3) is 5.91 Å². The molecule has 0 aromatic heterocycles. The Bertz CT molecular complexity index is 683. The Kier molecular flexibility index (Phi) is 8.13. The summed E-state index contributed by atoms with van der Waals surface area (Å²) in [5.74, 6) is -0.814. The molecule has 6 nitrogen and oxygen atoms in total. The molecular weight excluding hydrogens is 399 g/mol. The molecule has 2 amide bonds. The molecule has 2 rings (SSSR count). The monoisotopic (exact) mass is 423 g/mol. The molecule has 1 aliphatic rings. The Balaban J connectivity index is 0.00000392. The van der Waals surface area contributed by atoms with Crippen LogP contribution in [-0.2, 0) is 4.79 Å². The molecule has 0 spiro atoms. The first-order valence-electron chi connectivity index (χ1n) is 8.70. The molecule has 1 aromatic rings. The minimum Gasteiger partial charge on any atom is -0.406 e. The fraction of sp³-hybridized carbons (Fsp3) is 0.556. The van der Waals surface area contributed by atoms with Crippen LogP contribution in [0.2, 0.25) is 0 Å². The molecule has 10 heteroatoms. The van der Waals surface area contributed by atoms with Crippen LogP contribution in [0.4, 0.5) is 13.2 Å². The molecule has 28 heavy (non-hydrogen) atoms. The van der Waals surface area contributed by atoms with Crippen LogP contribution in [0.15, 0.2) is 24.3 Å². The van der Waals surface area contributed by atoms with Crippen LogP contribution < -0.4 is 10.5 Å². The Hall–Kier alpha value is -2.00. The zero-order valence-electron chi connectivity index (χ0n) is 15.9. The van der Waals surface area contributed by atoms with Gasteiger partial charge in [0.2, 0.25) is 5.91 Å². The molecule has 2 atom stereocenters. The number of rotatable bonds is 4. The number of ether oxygens (including phenoxy) is 1. The number of nitrogens with two attached hydrogens (primary N) is 1. The van der Waals surface area contributed by atoms with Crippen LogP contribution in [0.5, 0.6) is 5.75 Å². The van der Waals surface area contributed by atoms with E-state index in [0.717, 1.165) is 12.1 Å². The highest BCUT2D eigenvalue weighted by molar-refractivity contribution is 5.94. The van der Waals surface area contributed by atoms with Crippen molar-refractivity contribution in [3.8, 4) is 5.75 Å². The second kappa shape index (κ2) is 9.47. The molecule has 158 valence electrons. The third-order valence-corrected chi connectivity index (χ3v) is 4.54. The molecule has 1 aliphatic heterocycles. The first kappa shape index (κ1) is 24.0. The van der Waals surface area contributed by atoms with E-state index in [-0.39, 0.29) is 47.5 Å². The Morgan fingerprint density at radius 3 is 2.21 bits per heavy atom. The number of hydrogen-bond donors (Lipinski definition) is 1. The van der Waals surface area contributed by atoms with Crippen molar-refractivity contribution in [1.82, 2.24) is 9.80 Å². The summed E-state index contributed by atoms with van der Waals surface area (Å²) in [4.78, 5) is 28.3. The van der Waals surface area contributed by atoms with Gasteiger partial charge in [-0.1, -0.05) is 13.8 Å². The van der Waals surface area contributed by atoms with Gasteiger partial charge in [0.15, 0.2) is 0 Å². The standard InChI is InChI=1S/C18H24F3N3O3.ClH/c1-11(2)15(22)17(26)24-9-8-23(10-12(24)3)16(25)13-4-6-14(7-5-13)27-18(19,20)21;/h4-7,11-12,15H,8-10,22H2,1-3H3;1H/t12-,15+;/m1./s1. The largest absolute Gasteiger partial charge is 0.573 e. The minimum absolute atomic E-state index is 0. The van der Waals surface area contributed by atoms with Crippen LogP contribution in [-0.4, -0.2) is 59.7 Å². The average Bonchev–Trinajstić information content (AvgIpc) is 2.59. The lowest BCUT2D eigenvalue weighted by Crippen LogP contribution is -2.59. The number of benzene rings is 1. The third kappa shape index (κ3) is 6.00. The number of halogens is 4. The molecule has 2 N–H and O–H groups in total. The summed E-state index contributed by atoms with van der Waals surface area (Å²) in [7, 11) is 0. The number of piperazine rings is 1. The van der Waals surface area contributed by atoms with Gasteiger partial charge in [-0.2, -0.15) is 0 Å². The van der Waals surface area contributed by atoms with Crippen molar-refractivity contribution in [1.29, 1.82) is 0 Å². The minimum atomic E-state index is -4.78. The summed E-state index contributed by atoms with van der Waals surface area (Å²) in [6, 6.07) is 4.00. The van der Waals surface area contributed by atoms with Gasteiger partial charge in [-0.3, -0.25) is 9.59 Å². The van der Waals surface area contributed by atoms with Crippen LogP contribution in [0.25, 0.3) is 0 Å². The number of alkyl halides is 3. The van der Waals surface area contributed by atoms with E-state index in [1.807, 2.05) is 20.8 Å². The molecule has 0 aliphatic carbocycles. The third-order valence-electron chi connectivity index (χ3n) is 4.54. The van der Waals surface area contributed by atoms with E-state index in [1.54, 1.807) is 9.80 Å². The average molecular weight is 424 g/mol. The van der Waals surface area contributed by atoms with Gasteiger partial charge >= 0.3 is 6.36 Å². The normalized spacial score (nSPS) is 18.5. The van der Waals surface area contributed by atoms with Gasteiger partial charge in [0.05, 0.1) is 6.04 Å². The van der Waals surface area contributed by atoms with E-state index < -0.39 is 12.4 Å². The topological polar surface area (TPSA) is 75.9 Å². The summed E-state index contributed by atoms with van der Waals surface area (Å²) in [5, 5.41) is 0. The van der Waals surface area contributed by atoms with Crippen molar-refractivity contribution in [2.24, 2.45) is 11.7 Å². The Morgan fingerprint density at radius 2 is 1.75 bits per heavy atom. The highest BCUT2D eigenvalue weighted by Gasteiger charge is 2.34. The lowest BCUT2D eigenvalue weighted by atomic mass is 10.0. The Morgan fingerprint density at radius 1 is 1.18 bits per heavy atom. The van der Waals surface area contributed by atoms with Crippen LogP contribution in [0, 0.1) is 5.92 Å². The zero-order chi connectivity index (χ0) is 20.4. The first-order chi connectivity index (χ1) is 12.5. The SMILES string of the molecule is CC(C)[C@H](N)C(=O)N1CCN(C(=O)c2ccc(OC(F)(F)F)cc2)C[C@H]1C.Cl. The summed E-state index contributed by atoms with van der Waals surface area (Å²) in [5.41, 5.74) is 6.19. The van der Waals surface area contributed by atoms with Crippen molar-refractivity contribution in [3.05, 3.63) is 29.8 Å². The predicted molar refractivity (Wildman–Crippen MR) is 100 cm³/mol. The molecule has 1 saturated heterocycles. The lowest BCUT2D eigenvalue weighted by Gasteiger charge is -2.41. The van der Waals surface area contributed by atoms with Gasteiger partial charge in [-0.15, -0.1) is 25.6 Å². The Labute approximate surface area is 168 Å². The summed E-state index contributed by atoms with van der Waals surface area (Å²) < 4.78 is 40.4. The highest BCUT2D eigenvalue weighted by Crippen LogP contribution is 2.23. The molecule has 1 heterocycles. The van der Waals surface area contributed by atoms with Crippen LogP contribution in [0.1, 0.15) is 31.1 Å². The second-order valence-electron chi connectivity index (χ2n) is 6.97. The fourth-order valence-electron chi connectivity index (χ4n) is 2.93. The lowest BCUT2D eigenvalue weighted by molar-refractivity contribution is -0.274. The number of nitrogens with zero attached hydrogens (tertiary/aromatic N) is 2. The quantitative estimate of drug-likeness (QED) is 0.807. The van der Waals surface area contributed by atoms with Crippen LogP contribution >= 0.6 is 12.4 Å². The molecular formula is C18H25ClF3N3O3. The van der Waals surface area contributed by atoms with Crippen molar-refractivity contribution in [2.75, 3.05) is 19.6 Å². The van der Waals surface area contributed by atoms with E-state index in [4.69, 9.17) is 5.73 Å². The number of amides is 2. The van der Waals surface area contributed by atoms with E-state index >= 15 is 0 Å². The van der Waals surface area contributed by atoms with E-state index in [9.17, 15) is 22.8 Å². The molecule has 0 unspecified atom stereocenters. The van der Waals surface area contributed by atoms with Crippen molar-refractivity contribution < 1.29 is 27.5 Å². The molecule has 0 radical (unpaired) electrons. The highest BCUT2D eigenvalue weighted by atomic mass is 35.5. The van der Waals surface area contributed by atoms with Crippen molar-refractivity contribution in [3.63, 3.8) is 0 Å². The van der Waals surface area contributed by atoms with Gasteiger partial charge in [0, 0.05) is 31.2 Å². The maximum Gasteiger partial charge on any atom is 0.573 e. The molecule has 0 bridgehead atoms. The smallest absolute Gasteiger partial charge is 0.406 e. The number of hydrogen-bond acceptors (Lipinski definition) is 4. The maximum absolute atomic E-state index is 12.6. The molecule has 1 aromatic carbocycles. The zero-order valence-corrected chi connectivity index (χ0v) is 16.7. The van der Waals surface area contributed by atoms with Gasteiger partial charge in [-0.05, 0) is 37.1 Å².